The number of rotatable bonds is 4. The smallest absolute Gasteiger partial charge is 0.349 e. The van der Waals surface area contributed by atoms with Crippen LogP contribution in [-0.4, -0.2) is 23.0 Å². The summed E-state index contributed by atoms with van der Waals surface area (Å²) in [6.45, 7) is 3.34. The van der Waals surface area contributed by atoms with Crippen molar-refractivity contribution in [3.8, 4) is 0 Å². The molecule has 0 saturated heterocycles. The Hall–Kier alpha value is -2.15. The van der Waals surface area contributed by atoms with Crippen LogP contribution in [0.4, 0.5) is 5.82 Å². The Bertz CT molecular complexity index is 1000. The number of pyridine rings is 1. The predicted molar refractivity (Wildman–Crippen MR) is 104 cm³/mol. The van der Waals surface area contributed by atoms with Crippen molar-refractivity contribution in [1.29, 1.82) is 0 Å². The van der Waals surface area contributed by atoms with Crippen molar-refractivity contribution in [2.45, 2.75) is 20.0 Å². The van der Waals surface area contributed by atoms with E-state index in [0.29, 0.717) is 9.90 Å². The number of anilines is 1. The monoisotopic (exact) mass is 408 g/mol. The maximum absolute atomic E-state index is 12.5. The lowest BCUT2D eigenvalue weighted by Gasteiger charge is -2.13. The number of ether oxygens (including phenoxy) is 1. The van der Waals surface area contributed by atoms with Gasteiger partial charge < -0.3 is 10.1 Å². The minimum atomic E-state index is -1.01. The molecule has 3 rings (SSSR count). The van der Waals surface area contributed by atoms with Crippen LogP contribution in [0.2, 0.25) is 10.0 Å². The Kier molecular flexibility index (Phi) is 5.46. The molecular formula is C18H14Cl2N2O3S. The van der Waals surface area contributed by atoms with Gasteiger partial charge in [0.05, 0.1) is 10.0 Å². The Morgan fingerprint density at radius 1 is 1.27 bits per heavy atom. The van der Waals surface area contributed by atoms with Crippen LogP contribution < -0.4 is 5.32 Å². The van der Waals surface area contributed by atoms with Gasteiger partial charge in [-0.2, -0.15) is 0 Å². The van der Waals surface area contributed by atoms with E-state index in [1.165, 1.54) is 30.5 Å². The molecule has 2 heterocycles. The topological polar surface area (TPSA) is 68.3 Å². The predicted octanol–water partition coefficient (Wildman–Crippen LogP) is 5.10. The summed E-state index contributed by atoms with van der Waals surface area (Å²) in [5.74, 6) is -0.919. The highest BCUT2D eigenvalue weighted by Gasteiger charge is 2.23. The molecule has 0 aliphatic carbocycles. The molecule has 2 aromatic heterocycles. The van der Waals surface area contributed by atoms with Crippen molar-refractivity contribution < 1.29 is 14.3 Å². The third kappa shape index (κ3) is 3.82. The number of benzene rings is 1. The van der Waals surface area contributed by atoms with Gasteiger partial charge in [0.2, 0.25) is 0 Å². The minimum absolute atomic E-state index is 0.155. The van der Waals surface area contributed by atoms with Crippen molar-refractivity contribution in [3.63, 3.8) is 0 Å². The molecule has 0 saturated carbocycles. The first kappa shape index (κ1) is 18.6. The van der Waals surface area contributed by atoms with Gasteiger partial charge in [-0.1, -0.05) is 41.4 Å². The van der Waals surface area contributed by atoms with Crippen molar-refractivity contribution in [1.82, 2.24) is 4.98 Å². The fourth-order valence-corrected chi connectivity index (χ4v) is 3.88. The Balaban J connectivity index is 1.71. The van der Waals surface area contributed by atoms with E-state index in [2.05, 4.69) is 10.3 Å². The summed E-state index contributed by atoms with van der Waals surface area (Å²) < 4.78 is 6.30. The zero-order valence-corrected chi connectivity index (χ0v) is 16.2. The number of amides is 1. The molecule has 0 aliphatic rings. The molecular weight excluding hydrogens is 395 g/mol. The fraction of sp³-hybridized carbons (Fsp3) is 0.167. The van der Waals surface area contributed by atoms with Crippen LogP contribution in [0.15, 0.2) is 36.5 Å². The molecule has 134 valence electrons. The third-order valence-corrected chi connectivity index (χ3v) is 5.48. The second-order valence-corrected chi connectivity index (χ2v) is 7.47. The zero-order chi connectivity index (χ0) is 18.8. The first-order valence-electron chi connectivity index (χ1n) is 7.68. The van der Waals surface area contributed by atoms with Gasteiger partial charge >= 0.3 is 5.97 Å². The lowest BCUT2D eigenvalue weighted by Crippen LogP contribution is -2.30. The van der Waals surface area contributed by atoms with Crippen molar-refractivity contribution in [2.75, 3.05) is 5.32 Å². The number of hydrogen-bond donors (Lipinski definition) is 1. The van der Waals surface area contributed by atoms with Crippen LogP contribution in [0.25, 0.3) is 10.1 Å². The highest BCUT2D eigenvalue weighted by molar-refractivity contribution is 7.21. The number of carbonyl (C=O) groups excluding carboxylic acids is 2. The normalized spacial score (nSPS) is 12.0. The molecule has 1 N–H and O–H groups in total. The summed E-state index contributed by atoms with van der Waals surface area (Å²) in [5, 5.41) is 4.07. The van der Waals surface area contributed by atoms with Gasteiger partial charge in [-0.3, -0.25) is 4.79 Å². The van der Waals surface area contributed by atoms with Crippen LogP contribution in [0.3, 0.4) is 0 Å². The van der Waals surface area contributed by atoms with Crippen LogP contribution >= 0.6 is 34.5 Å². The van der Waals surface area contributed by atoms with Crippen LogP contribution in [0.1, 0.15) is 22.2 Å². The first-order chi connectivity index (χ1) is 12.4. The lowest BCUT2D eigenvalue weighted by molar-refractivity contribution is -0.123. The Morgan fingerprint density at radius 2 is 2.00 bits per heavy atom. The number of nitrogens with one attached hydrogen (secondary N) is 1. The maximum Gasteiger partial charge on any atom is 0.349 e. The molecule has 0 unspecified atom stereocenters. The van der Waals surface area contributed by atoms with Gasteiger partial charge in [0.15, 0.2) is 11.9 Å². The molecule has 3 aromatic rings. The van der Waals surface area contributed by atoms with Crippen molar-refractivity contribution >= 4 is 62.3 Å². The number of nitrogens with zero attached hydrogens (tertiary/aromatic N) is 1. The molecule has 8 heteroatoms. The van der Waals surface area contributed by atoms with Gasteiger partial charge in [0.25, 0.3) is 5.91 Å². The summed E-state index contributed by atoms with van der Waals surface area (Å²) >= 11 is 13.1. The summed E-state index contributed by atoms with van der Waals surface area (Å²) in [6, 6.07) is 9.17. The largest absolute Gasteiger partial charge is 0.448 e. The Labute approximate surface area is 163 Å². The van der Waals surface area contributed by atoms with Crippen LogP contribution in [0, 0.1) is 6.92 Å². The van der Waals surface area contributed by atoms with E-state index < -0.39 is 18.0 Å². The van der Waals surface area contributed by atoms with E-state index in [0.717, 1.165) is 15.6 Å². The van der Waals surface area contributed by atoms with Gasteiger partial charge in [-0.05, 0) is 36.9 Å². The number of esters is 1. The average Bonchev–Trinajstić information content (AvgIpc) is 2.94. The number of fused-ring (bicyclic) bond motifs is 1. The van der Waals surface area contributed by atoms with E-state index in [1.807, 2.05) is 31.2 Å². The summed E-state index contributed by atoms with van der Waals surface area (Å²) in [7, 11) is 0. The number of halogens is 2. The van der Waals surface area contributed by atoms with Crippen LogP contribution in [-0.2, 0) is 9.53 Å². The zero-order valence-electron chi connectivity index (χ0n) is 13.9. The molecule has 1 atom stereocenters. The van der Waals surface area contributed by atoms with E-state index in [-0.39, 0.29) is 10.8 Å². The SMILES string of the molecule is Cc1c(C(=O)O[C@@H](C)C(=O)Nc2ncc(Cl)cc2Cl)sc2ccccc12. The molecule has 0 aliphatic heterocycles. The molecule has 0 spiro atoms. The van der Waals surface area contributed by atoms with Gasteiger partial charge in [-0.25, -0.2) is 9.78 Å². The van der Waals surface area contributed by atoms with E-state index in [4.69, 9.17) is 27.9 Å². The third-order valence-electron chi connectivity index (χ3n) is 3.73. The van der Waals surface area contributed by atoms with Crippen molar-refractivity contribution in [3.05, 3.63) is 57.0 Å². The van der Waals surface area contributed by atoms with Gasteiger partial charge in [0, 0.05) is 10.9 Å². The molecule has 26 heavy (non-hydrogen) atoms. The molecule has 0 bridgehead atoms. The molecule has 0 radical (unpaired) electrons. The highest BCUT2D eigenvalue weighted by atomic mass is 35.5. The number of thiophene rings is 1. The Morgan fingerprint density at radius 3 is 2.69 bits per heavy atom. The van der Waals surface area contributed by atoms with Crippen molar-refractivity contribution in [2.24, 2.45) is 0 Å². The molecule has 1 aromatic carbocycles. The quantitative estimate of drug-likeness (QED) is 0.609. The first-order valence-corrected chi connectivity index (χ1v) is 9.25. The maximum atomic E-state index is 12.5. The van der Waals surface area contributed by atoms with E-state index in [9.17, 15) is 9.59 Å². The molecule has 1 amide bonds. The fourth-order valence-electron chi connectivity index (χ4n) is 2.36. The van der Waals surface area contributed by atoms with Gasteiger partial charge in [-0.15, -0.1) is 11.3 Å². The number of aromatic nitrogens is 1. The molecule has 0 fully saturated rings. The van der Waals surface area contributed by atoms with E-state index >= 15 is 0 Å². The van der Waals surface area contributed by atoms with E-state index in [1.54, 1.807) is 0 Å². The molecule has 5 nitrogen and oxygen atoms in total. The minimum Gasteiger partial charge on any atom is -0.448 e. The second kappa shape index (κ2) is 7.61. The standard InChI is InChI=1S/C18H14Cl2N2O3S/c1-9-12-5-3-4-6-14(12)26-15(9)18(24)25-10(2)17(23)22-16-13(20)7-11(19)8-21-16/h3-8,10H,1-2H3,(H,21,22,23)/t10-/m0/s1. The number of hydrogen-bond acceptors (Lipinski definition) is 5. The second-order valence-electron chi connectivity index (χ2n) is 5.57. The number of aryl methyl sites for hydroxylation is 1. The summed E-state index contributed by atoms with van der Waals surface area (Å²) in [5.41, 5.74) is 0.839. The highest BCUT2D eigenvalue weighted by Crippen LogP contribution is 2.31. The average molecular weight is 409 g/mol. The summed E-state index contributed by atoms with van der Waals surface area (Å²) in [6.07, 6.45) is 0.348. The number of carbonyl (C=O) groups is 2. The lowest BCUT2D eigenvalue weighted by atomic mass is 10.1. The van der Waals surface area contributed by atoms with Gasteiger partial charge in [0.1, 0.15) is 4.88 Å². The summed E-state index contributed by atoms with van der Waals surface area (Å²) in [4.78, 5) is 29.1. The van der Waals surface area contributed by atoms with Crippen LogP contribution in [0.5, 0.6) is 0 Å².